The summed E-state index contributed by atoms with van der Waals surface area (Å²) in [6.07, 6.45) is 12.3. The molecule has 0 aliphatic heterocycles. The van der Waals surface area contributed by atoms with Crippen molar-refractivity contribution in [3.63, 3.8) is 0 Å². The molecule has 0 amide bonds. The van der Waals surface area contributed by atoms with Crippen molar-refractivity contribution in [1.29, 1.82) is 0 Å². The third kappa shape index (κ3) is 7.78. The van der Waals surface area contributed by atoms with Gasteiger partial charge in [-0.3, -0.25) is 0 Å². The summed E-state index contributed by atoms with van der Waals surface area (Å²) in [5, 5.41) is 1.04. The Morgan fingerprint density at radius 1 is 1.33 bits per heavy atom. The minimum absolute atomic E-state index is 0.860. The van der Waals surface area contributed by atoms with Gasteiger partial charge in [-0.15, -0.1) is 12.3 Å². The molecule has 0 heterocycles. The van der Waals surface area contributed by atoms with Crippen LogP contribution >= 0.6 is 15.9 Å². The first-order valence-electron chi connectivity index (χ1n) is 3.06. The fraction of sp³-hybridized carbons (Fsp3) is 0.500. The Balaban J connectivity index is 2.97. The van der Waals surface area contributed by atoms with Gasteiger partial charge < -0.3 is 0 Å². The molecule has 0 aromatic rings. The number of unbranched alkanes of at least 4 members (excludes halogenated alkanes) is 1. The van der Waals surface area contributed by atoms with Gasteiger partial charge in [-0.1, -0.05) is 28.1 Å². The lowest BCUT2D eigenvalue weighted by Gasteiger charge is -1.82. The fourth-order valence-electron chi connectivity index (χ4n) is 0.465. The van der Waals surface area contributed by atoms with Crippen LogP contribution in [0.3, 0.4) is 0 Å². The lowest BCUT2D eigenvalue weighted by atomic mass is 10.3. The summed E-state index contributed by atoms with van der Waals surface area (Å²) in [6.45, 7) is 0. The second kappa shape index (κ2) is 7.78. The maximum atomic E-state index is 5.05. The van der Waals surface area contributed by atoms with Gasteiger partial charge in [0.25, 0.3) is 0 Å². The molecule has 50 valence electrons. The van der Waals surface area contributed by atoms with Gasteiger partial charge in [0.1, 0.15) is 0 Å². The summed E-state index contributed by atoms with van der Waals surface area (Å²) in [5.41, 5.74) is 0. The van der Waals surface area contributed by atoms with Crippen LogP contribution in [0.4, 0.5) is 0 Å². The minimum Gasteiger partial charge on any atom is -0.120 e. The number of hydrogen-bond acceptors (Lipinski definition) is 0. The van der Waals surface area contributed by atoms with Gasteiger partial charge in [-0.2, -0.15) is 0 Å². The molecule has 0 aliphatic rings. The molecule has 1 heteroatoms. The van der Waals surface area contributed by atoms with Crippen LogP contribution in [0.25, 0.3) is 0 Å². The van der Waals surface area contributed by atoms with Crippen LogP contribution in [0.2, 0.25) is 0 Å². The van der Waals surface area contributed by atoms with Crippen molar-refractivity contribution < 1.29 is 0 Å². The van der Waals surface area contributed by atoms with Gasteiger partial charge in [0, 0.05) is 11.8 Å². The van der Waals surface area contributed by atoms with Crippen molar-refractivity contribution in [2.75, 3.05) is 5.33 Å². The van der Waals surface area contributed by atoms with Gasteiger partial charge in [-0.05, 0) is 12.8 Å². The van der Waals surface area contributed by atoms with E-state index >= 15 is 0 Å². The Hall–Kier alpha value is -0.220. The monoisotopic (exact) mass is 186 g/mol. The summed E-state index contributed by atoms with van der Waals surface area (Å²) in [7, 11) is 0. The first-order valence-corrected chi connectivity index (χ1v) is 4.18. The van der Waals surface area contributed by atoms with E-state index in [1.165, 1.54) is 0 Å². The highest BCUT2D eigenvalue weighted by Crippen LogP contribution is 1.93. The number of terminal acetylenes is 1. The minimum atomic E-state index is 0.860. The lowest BCUT2D eigenvalue weighted by molar-refractivity contribution is 1.07. The van der Waals surface area contributed by atoms with E-state index in [4.69, 9.17) is 6.42 Å². The summed E-state index contributed by atoms with van der Waals surface area (Å²) >= 11 is 3.33. The Morgan fingerprint density at radius 2 is 2.00 bits per heavy atom. The Bertz CT molecular complexity index is 108. The van der Waals surface area contributed by atoms with Crippen molar-refractivity contribution in [2.24, 2.45) is 0 Å². The topological polar surface area (TPSA) is 0 Å². The molecular weight excluding hydrogens is 176 g/mol. The second-order valence-electron chi connectivity index (χ2n) is 1.69. The molecule has 0 radical (unpaired) electrons. The molecule has 0 N–H and O–H groups in total. The maximum Gasteiger partial charge on any atom is 0.0121 e. The highest BCUT2D eigenvalue weighted by atomic mass is 79.9. The van der Waals surface area contributed by atoms with Crippen molar-refractivity contribution in [3.8, 4) is 12.3 Å². The predicted molar refractivity (Wildman–Crippen MR) is 45.6 cm³/mol. The largest absolute Gasteiger partial charge is 0.120 e. The van der Waals surface area contributed by atoms with Crippen LogP contribution in [0.1, 0.15) is 19.3 Å². The highest BCUT2D eigenvalue weighted by Gasteiger charge is 1.74. The zero-order chi connectivity index (χ0) is 6.95. The number of halogens is 1. The summed E-state index contributed by atoms with van der Waals surface area (Å²) in [4.78, 5) is 0. The standard InChI is InChI=1S/C8H11Br/c1-2-3-4-5-6-7-8-9/h1,5-6H,3-4,7-8H2/b6-5+. The van der Waals surface area contributed by atoms with Crippen LogP contribution in [0.5, 0.6) is 0 Å². The quantitative estimate of drug-likeness (QED) is 0.274. The lowest BCUT2D eigenvalue weighted by Crippen LogP contribution is -1.67. The normalized spacial score (nSPS) is 9.78. The van der Waals surface area contributed by atoms with E-state index in [1.807, 2.05) is 0 Å². The number of allylic oxidation sites excluding steroid dienone is 2. The molecule has 0 aromatic carbocycles. The van der Waals surface area contributed by atoms with E-state index < -0.39 is 0 Å². The molecule has 0 saturated carbocycles. The van der Waals surface area contributed by atoms with Gasteiger partial charge in [0.2, 0.25) is 0 Å². The molecule has 9 heavy (non-hydrogen) atoms. The summed E-state index contributed by atoms with van der Waals surface area (Å²) in [5.74, 6) is 2.58. The molecule has 0 saturated heterocycles. The van der Waals surface area contributed by atoms with Crippen LogP contribution < -0.4 is 0 Å². The van der Waals surface area contributed by atoms with Gasteiger partial charge >= 0.3 is 0 Å². The van der Waals surface area contributed by atoms with E-state index in [0.29, 0.717) is 0 Å². The smallest absolute Gasteiger partial charge is 0.0121 e. The van der Waals surface area contributed by atoms with Crippen LogP contribution in [0.15, 0.2) is 12.2 Å². The van der Waals surface area contributed by atoms with E-state index in [1.54, 1.807) is 0 Å². The summed E-state index contributed by atoms with van der Waals surface area (Å²) in [6, 6.07) is 0. The second-order valence-corrected chi connectivity index (χ2v) is 2.48. The van der Waals surface area contributed by atoms with Crippen molar-refractivity contribution in [1.82, 2.24) is 0 Å². The average Bonchev–Trinajstić information content (AvgIpc) is 1.89. The third-order valence-corrected chi connectivity index (χ3v) is 1.36. The molecule has 0 spiro atoms. The van der Waals surface area contributed by atoms with E-state index in [-0.39, 0.29) is 0 Å². The molecular formula is C8H11Br. The fourth-order valence-corrected chi connectivity index (χ4v) is 0.730. The van der Waals surface area contributed by atoms with Crippen molar-refractivity contribution in [2.45, 2.75) is 19.3 Å². The molecule has 0 fully saturated rings. The van der Waals surface area contributed by atoms with Crippen molar-refractivity contribution in [3.05, 3.63) is 12.2 Å². The van der Waals surface area contributed by atoms with Crippen LogP contribution in [-0.4, -0.2) is 5.33 Å². The first-order chi connectivity index (χ1) is 4.41. The molecule has 0 rings (SSSR count). The van der Waals surface area contributed by atoms with Gasteiger partial charge in [-0.25, -0.2) is 0 Å². The molecule has 0 nitrogen and oxygen atoms in total. The van der Waals surface area contributed by atoms with Crippen LogP contribution in [0, 0.1) is 12.3 Å². The molecule has 0 aliphatic carbocycles. The average molecular weight is 187 g/mol. The van der Waals surface area contributed by atoms with E-state index in [9.17, 15) is 0 Å². The van der Waals surface area contributed by atoms with Crippen molar-refractivity contribution >= 4 is 15.9 Å². The maximum absolute atomic E-state index is 5.05. The molecule has 0 atom stereocenters. The predicted octanol–water partition coefficient (Wildman–Crippen LogP) is 2.74. The number of hydrogen-bond donors (Lipinski definition) is 0. The number of rotatable bonds is 4. The highest BCUT2D eigenvalue weighted by molar-refractivity contribution is 9.09. The Labute approximate surface area is 65.5 Å². The Morgan fingerprint density at radius 3 is 2.56 bits per heavy atom. The Kier molecular flexibility index (Phi) is 7.59. The van der Waals surface area contributed by atoms with E-state index in [2.05, 4.69) is 34.0 Å². The number of alkyl halides is 1. The van der Waals surface area contributed by atoms with Gasteiger partial charge in [0.05, 0.1) is 0 Å². The zero-order valence-electron chi connectivity index (χ0n) is 5.44. The summed E-state index contributed by atoms with van der Waals surface area (Å²) < 4.78 is 0. The molecule has 0 bridgehead atoms. The van der Waals surface area contributed by atoms with Gasteiger partial charge in [0.15, 0.2) is 0 Å². The molecule has 0 aromatic heterocycles. The SMILES string of the molecule is C#CCC/C=C/CCBr. The van der Waals surface area contributed by atoms with Crippen LogP contribution in [-0.2, 0) is 0 Å². The first kappa shape index (κ1) is 8.78. The zero-order valence-corrected chi connectivity index (χ0v) is 7.02. The molecule has 0 unspecified atom stereocenters. The van der Waals surface area contributed by atoms with E-state index in [0.717, 1.165) is 24.6 Å². The third-order valence-electron chi connectivity index (χ3n) is 0.898.